The lowest BCUT2D eigenvalue weighted by Gasteiger charge is -1.89. The first-order valence-corrected chi connectivity index (χ1v) is 4.52. The average Bonchev–Trinajstić information content (AvgIpc) is 2.39. The molecule has 2 unspecified atom stereocenters. The van der Waals surface area contributed by atoms with Gasteiger partial charge in [0.2, 0.25) is 0 Å². The molecule has 3 nitrogen and oxygen atoms in total. The molecule has 2 atom stereocenters. The predicted molar refractivity (Wildman–Crippen MR) is 41.0 cm³/mol. The van der Waals surface area contributed by atoms with Gasteiger partial charge in [-0.15, -0.1) is 12.4 Å². The zero-order valence-corrected chi connectivity index (χ0v) is 7.28. The first-order chi connectivity index (χ1) is 4.05. The molecule has 5 heteroatoms. The van der Waals surface area contributed by atoms with Crippen LogP contribution >= 0.6 is 12.4 Å². The zero-order chi connectivity index (χ0) is 7.07. The second-order valence-corrected chi connectivity index (χ2v) is 4.09. The molecule has 0 aromatic carbocycles. The summed E-state index contributed by atoms with van der Waals surface area (Å²) in [7, 11) is -3.69. The van der Waals surface area contributed by atoms with Crippen molar-refractivity contribution in [2.75, 3.05) is 0 Å². The quantitative estimate of drug-likeness (QED) is 0.657. The summed E-state index contributed by atoms with van der Waals surface area (Å²) in [6.45, 7) is 1.93. The summed E-state index contributed by atoms with van der Waals surface area (Å²) < 4.78 is 29.1. The number of rotatable bonds is 2. The molecule has 0 aliphatic heterocycles. The molecular weight excluding hydrogens is 176 g/mol. The largest absolute Gasteiger partial charge is 0.285 e. The van der Waals surface area contributed by atoms with Gasteiger partial charge in [-0.25, -0.2) is 0 Å². The summed E-state index contributed by atoms with van der Waals surface area (Å²) in [5.74, 6) is 0.222. The number of hydrogen-bond acceptors (Lipinski definition) is 2. The van der Waals surface area contributed by atoms with E-state index in [-0.39, 0.29) is 18.3 Å². The lowest BCUT2D eigenvalue weighted by Crippen LogP contribution is -2.05. The van der Waals surface area contributed by atoms with E-state index >= 15 is 0 Å². The molecular formula is C5H11ClO3S. The van der Waals surface area contributed by atoms with Gasteiger partial charge in [0.1, 0.15) is 0 Å². The number of hydrogen-bond donors (Lipinski definition) is 1. The fourth-order valence-electron chi connectivity index (χ4n) is 1.01. The van der Waals surface area contributed by atoms with E-state index in [1.807, 2.05) is 6.92 Å². The Hall–Kier alpha value is 0.200. The molecule has 0 amide bonds. The van der Waals surface area contributed by atoms with Gasteiger partial charge in [0.15, 0.2) is 0 Å². The molecule has 0 aromatic rings. The first kappa shape index (κ1) is 10.2. The van der Waals surface area contributed by atoms with Gasteiger partial charge in [0.05, 0.1) is 5.25 Å². The summed E-state index contributed by atoms with van der Waals surface area (Å²) in [5, 5.41) is -0.442. The van der Waals surface area contributed by atoms with Crippen LogP contribution in [0.15, 0.2) is 0 Å². The van der Waals surface area contributed by atoms with E-state index in [2.05, 4.69) is 0 Å². The van der Waals surface area contributed by atoms with Crippen molar-refractivity contribution in [3.05, 3.63) is 0 Å². The Bertz CT molecular complexity index is 199. The minimum absolute atomic E-state index is 0. The van der Waals surface area contributed by atoms with Crippen molar-refractivity contribution >= 4 is 22.5 Å². The standard InChI is InChI=1S/C5H10O3S.ClH/c1-2-4-3-5(4)9(6,7)8;/h4-5H,2-3H2,1H3,(H,6,7,8);1H. The Labute approximate surface area is 67.0 Å². The van der Waals surface area contributed by atoms with Crippen molar-refractivity contribution in [2.45, 2.75) is 25.0 Å². The van der Waals surface area contributed by atoms with E-state index in [0.717, 1.165) is 6.42 Å². The lowest BCUT2D eigenvalue weighted by molar-refractivity contribution is 0.478. The van der Waals surface area contributed by atoms with Crippen LogP contribution in [0.1, 0.15) is 19.8 Å². The van der Waals surface area contributed by atoms with Gasteiger partial charge in [-0.1, -0.05) is 13.3 Å². The summed E-state index contributed by atoms with van der Waals surface area (Å²) in [5.41, 5.74) is 0. The molecule has 0 aromatic heterocycles. The van der Waals surface area contributed by atoms with Gasteiger partial charge in [0, 0.05) is 0 Å². The highest BCUT2D eigenvalue weighted by Gasteiger charge is 2.44. The van der Waals surface area contributed by atoms with Crippen molar-refractivity contribution in [3.8, 4) is 0 Å². The van der Waals surface area contributed by atoms with Crippen LogP contribution < -0.4 is 0 Å². The van der Waals surface area contributed by atoms with Crippen molar-refractivity contribution in [3.63, 3.8) is 0 Å². The Morgan fingerprint density at radius 1 is 1.60 bits per heavy atom. The third-order valence-electron chi connectivity index (χ3n) is 1.76. The normalized spacial score (nSPS) is 31.0. The van der Waals surface area contributed by atoms with E-state index in [4.69, 9.17) is 4.55 Å². The summed E-state index contributed by atoms with van der Waals surface area (Å²) >= 11 is 0. The van der Waals surface area contributed by atoms with Crippen LogP contribution in [-0.4, -0.2) is 18.2 Å². The van der Waals surface area contributed by atoms with Gasteiger partial charge < -0.3 is 0 Å². The monoisotopic (exact) mass is 186 g/mol. The fourth-order valence-corrected chi connectivity index (χ4v) is 2.18. The molecule has 0 radical (unpaired) electrons. The average molecular weight is 187 g/mol. The maximum absolute atomic E-state index is 10.3. The Kier molecular flexibility index (Phi) is 3.13. The van der Waals surface area contributed by atoms with Crippen LogP contribution in [0.2, 0.25) is 0 Å². The summed E-state index contributed by atoms with van der Waals surface area (Å²) in [6, 6.07) is 0. The van der Waals surface area contributed by atoms with Crippen molar-refractivity contribution in [1.29, 1.82) is 0 Å². The van der Waals surface area contributed by atoms with E-state index in [1.54, 1.807) is 0 Å². The second-order valence-electron chi connectivity index (χ2n) is 2.46. The highest BCUT2D eigenvalue weighted by atomic mass is 35.5. The highest BCUT2D eigenvalue weighted by molar-refractivity contribution is 7.86. The topological polar surface area (TPSA) is 54.4 Å². The molecule has 1 N–H and O–H groups in total. The van der Waals surface area contributed by atoms with E-state index < -0.39 is 15.4 Å². The third-order valence-corrected chi connectivity index (χ3v) is 3.11. The lowest BCUT2D eigenvalue weighted by atomic mass is 10.3. The molecule has 1 fully saturated rings. The van der Waals surface area contributed by atoms with Crippen LogP contribution in [0.4, 0.5) is 0 Å². The fraction of sp³-hybridized carbons (Fsp3) is 1.00. The molecule has 0 bridgehead atoms. The van der Waals surface area contributed by atoms with Crippen molar-refractivity contribution in [1.82, 2.24) is 0 Å². The zero-order valence-electron chi connectivity index (χ0n) is 5.65. The van der Waals surface area contributed by atoms with E-state index in [9.17, 15) is 8.42 Å². The van der Waals surface area contributed by atoms with Gasteiger partial charge in [-0.2, -0.15) is 8.42 Å². The SMILES string of the molecule is CCC1CC1S(=O)(=O)O.Cl. The molecule has 1 saturated carbocycles. The van der Waals surface area contributed by atoms with Crippen LogP contribution in [0.3, 0.4) is 0 Å². The van der Waals surface area contributed by atoms with Crippen LogP contribution in [0, 0.1) is 5.92 Å². The minimum Gasteiger partial charge on any atom is -0.285 e. The summed E-state index contributed by atoms with van der Waals surface area (Å²) in [6.07, 6.45) is 1.50. The Morgan fingerprint density at radius 2 is 2.10 bits per heavy atom. The molecule has 1 aliphatic carbocycles. The molecule has 1 rings (SSSR count). The van der Waals surface area contributed by atoms with Gasteiger partial charge in [-0.05, 0) is 12.3 Å². The van der Waals surface area contributed by atoms with Crippen LogP contribution in [0.5, 0.6) is 0 Å². The van der Waals surface area contributed by atoms with Crippen molar-refractivity contribution in [2.24, 2.45) is 5.92 Å². The maximum Gasteiger partial charge on any atom is 0.268 e. The van der Waals surface area contributed by atoms with Crippen LogP contribution in [0.25, 0.3) is 0 Å². The molecule has 10 heavy (non-hydrogen) atoms. The smallest absolute Gasteiger partial charge is 0.268 e. The van der Waals surface area contributed by atoms with Crippen molar-refractivity contribution < 1.29 is 13.0 Å². The van der Waals surface area contributed by atoms with Crippen LogP contribution in [-0.2, 0) is 10.1 Å². The van der Waals surface area contributed by atoms with Gasteiger partial charge in [-0.3, -0.25) is 4.55 Å². The molecule has 0 spiro atoms. The van der Waals surface area contributed by atoms with E-state index in [1.165, 1.54) is 0 Å². The molecule has 0 saturated heterocycles. The molecule has 62 valence electrons. The summed E-state index contributed by atoms with van der Waals surface area (Å²) in [4.78, 5) is 0. The van der Waals surface area contributed by atoms with Gasteiger partial charge >= 0.3 is 0 Å². The first-order valence-electron chi connectivity index (χ1n) is 3.02. The maximum atomic E-state index is 10.3. The molecule has 0 heterocycles. The van der Waals surface area contributed by atoms with Gasteiger partial charge in [0.25, 0.3) is 10.1 Å². The Morgan fingerprint density at radius 3 is 2.20 bits per heavy atom. The van der Waals surface area contributed by atoms with E-state index in [0.29, 0.717) is 6.42 Å². The highest BCUT2D eigenvalue weighted by Crippen LogP contribution is 2.38. The minimum atomic E-state index is -3.69. The number of halogens is 1. The third kappa shape index (κ3) is 2.11. The second kappa shape index (κ2) is 3.07. The molecule has 1 aliphatic rings. The predicted octanol–water partition coefficient (Wildman–Crippen LogP) is 1.09. The Balaban J connectivity index is 0.000000810.